The van der Waals surface area contributed by atoms with Crippen LogP contribution in [-0.4, -0.2) is 49.0 Å². The molecule has 140 valence electrons. The third kappa shape index (κ3) is 3.61. The molecule has 0 aromatic carbocycles. The van der Waals surface area contributed by atoms with Gasteiger partial charge < -0.3 is 19.8 Å². The minimum absolute atomic E-state index is 0.0429. The Morgan fingerprint density at radius 1 is 1.38 bits per heavy atom. The van der Waals surface area contributed by atoms with Crippen molar-refractivity contribution >= 4 is 56.6 Å². The number of ether oxygens (including phenoxy) is 2. The number of nitrogens with two attached hydrogens (primary N) is 1. The number of carbonyl (C=O) groups is 2. The molecule has 4 atom stereocenters. The highest BCUT2D eigenvalue weighted by Crippen LogP contribution is 2.43. The molecule has 1 fully saturated rings. The van der Waals surface area contributed by atoms with Crippen molar-refractivity contribution in [3.05, 3.63) is 11.5 Å². The van der Waals surface area contributed by atoms with E-state index in [9.17, 15) is 9.59 Å². The zero-order chi connectivity index (χ0) is 19.0. The molecule has 0 spiro atoms. The first-order chi connectivity index (χ1) is 12.3. The van der Waals surface area contributed by atoms with E-state index in [1.807, 2.05) is 4.57 Å². The second-order valence-electron chi connectivity index (χ2n) is 6.08. The van der Waals surface area contributed by atoms with Crippen LogP contribution < -0.4 is 5.73 Å². The lowest BCUT2D eigenvalue weighted by atomic mass is 10.1. The number of alkyl halides is 1. The van der Waals surface area contributed by atoms with Crippen molar-refractivity contribution in [2.75, 3.05) is 12.3 Å². The number of anilines is 1. The molecule has 1 aliphatic carbocycles. The van der Waals surface area contributed by atoms with Crippen LogP contribution in [0.3, 0.4) is 0 Å². The van der Waals surface area contributed by atoms with Crippen LogP contribution >= 0.6 is 27.5 Å². The zero-order valence-corrected chi connectivity index (χ0v) is 16.4. The molecule has 0 unspecified atom stereocenters. The van der Waals surface area contributed by atoms with E-state index < -0.39 is 12.1 Å². The van der Waals surface area contributed by atoms with Gasteiger partial charge in [-0.2, -0.15) is 9.97 Å². The van der Waals surface area contributed by atoms with Crippen LogP contribution in [0.4, 0.5) is 5.95 Å². The third-order valence-corrected chi connectivity index (χ3v) is 5.64. The van der Waals surface area contributed by atoms with E-state index >= 15 is 0 Å². The molecule has 2 aromatic rings. The average Bonchev–Trinajstić information content (AvgIpc) is 3.08. The summed E-state index contributed by atoms with van der Waals surface area (Å²) in [5.74, 6) is -0.926. The Morgan fingerprint density at radius 3 is 2.77 bits per heavy atom. The summed E-state index contributed by atoms with van der Waals surface area (Å²) in [4.78, 5) is 34.8. The number of imidazole rings is 1. The highest BCUT2D eigenvalue weighted by atomic mass is 79.9. The van der Waals surface area contributed by atoms with E-state index in [4.69, 9.17) is 26.8 Å². The van der Waals surface area contributed by atoms with Gasteiger partial charge in [-0.05, 0) is 6.42 Å². The molecule has 0 amide bonds. The lowest BCUT2D eigenvalue weighted by molar-refractivity contribution is -0.150. The molecule has 0 aliphatic heterocycles. The van der Waals surface area contributed by atoms with E-state index in [0.29, 0.717) is 17.6 Å². The Kier molecular flexibility index (Phi) is 5.33. The fraction of sp³-hybridized carbons (Fsp3) is 0.533. The van der Waals surface area contributed by atoms with Crippen LogP contribution in [0.1, 0.15) is 26.3 Å². The predicted octanol–water partition coefficient (Wildman–Crippen LogP) is 1.88. The number of halogens is 2. The van der Waals surface area contributed by atoms with Gasteiger partial charge in [-0.1, -0.05) is 27.5 Å². The maximum atomic E-state index is 11.5. The minimum atomic E-state index is -0.469. The Labute approximate surface area is 162 Å². The number of hydrogen-bond acceptors (Lipinski definition) is 8. The standard InChI is InChI=1S/C15H17BrClN5O4/c1-6(23)25-4-8-3-9(10(16)12(8)26-7(2)24)22-5-19-11-13(17)20-15(18)21-14(11)22/h5,8-10,12H,3-4H2,1-2H3,(H2,18,20,21)/t8-,9-,10-,12-/m1/s1. The van der Waals surface area contributed by atoms with Crippen LogP contribution in [0, 0.1) is 5.92 Å². The summed E-state index contributed by atoms with van der Waals surface area (Å²) in [5.41, 5.74) is 6.63. The SMILES string of the molecule is CC(=O)OC[C@H]1C[C@@H](n2cnc3c(Cl)nc(N)nc32)[C@@H](Br)[C@@H]1OC(C)=O. The molecule has 0 bridgehead atoms. The lowest BCUT2D eigenvalue weighted by Crippen LogP contribution is -2.31. The van der Waals surface area contributed by atoms with Gasteiger partial charge in [0, 0.05) is 19.8 Å². The maximum absolute atomic E-state index is 11.5. The van der Waals surface area contributed by atoms with Crippen LogP contribution in [0.15, 0.2) is 6.33 Å². The van der Waals surface area contributed by atoms with Crippen LogP contribution in [0.25, 0.3) is 11.2 Å². The number of aromatic nitrogens is 4. The summed E-state index contributed by atoms with van der Waals surface area (Å²) < 4.78 is 12.4. The van der Waals surface area contributed by atoms with Crippen LogP contribution in [0.2, 0.25) is 5.15 Å². The summed E-state index contributed by atoms with van der Waals surface area (Å²) >= 11 is 9.70. The summed E-state index contributed by atoms with van der Waals surface area (Å²) in [6.07, 6.45) is 1.71. The molecular formula is C15H17BrClN5O4. The van der Waals surface area contributed by atoms with Gasteiger partial charge >= 0.3 is 11.9 Å². The van der Waals surface area contributed by atoms with Crippen molar-refractivity contribution in [3.8, 4) is 0 Å². The monoisotopic (exact) mass is 445 g/mol. The summed E-state index contributed by atoms with van der Waals surface area (Å²) in [5, 5.41) is 0.170. The van der Waals surface area contributed by atoms with Gasteiger partial charge in [-0.25, -0.2) is 4.98 Å². The van der Waals surface area contributed by atoms with Gasteiger partial charge in [-0.3, -0.25) is 9.59 Å². The fourth-order valence-corrected chi connectivity index (χ4v) is 4.43. The second-order valence-corrected chi connectivity index (χ2v) is 7.50. The zero-order valence-electron chi connectivity index (χ0n) is 14.1. The van der Waals surface area contributed by atoms with Gasteiger partial charge in [0.2, 0.25) is 5.95 Å². The van der Waals surface area contributed by atoms with Crippen molar-refractivity contribution in [1.29, 1.82) is 0 Å². The van der Waals surface area contributed by atoms with Crippen molar-refractivity contribution in [3.63, 3.8) is 0 Å². The average molecular weight is 447 g/mol. The third-order valence-electron chi connectivity index (χ3n) is 4.25. The Hall–Kier alpha value is -1.94. The summed E-state index contributed by atoms with van der Waals surface area (Å²) in [6.45, 7) is 2.83. The molecule has 2 aromatic heterocycles. The van der Waals surface area contributed by atoms with Gasteiger partial charge in [0.25, 0.3) is 0 Å². The van der Waals surface area contributed by atoms with E-state index in [1.54, 1.807) is 6.33 Å². The number of hydrogen-bond donors (Lipinski definition) is 1. The molecule has 11 heteroatoms. The van der Waals surface area contributed by atoms with Crippen LogP contribution in [0.5, 0.6) is 0 Å². The van der Waals surface area contributed by atoms with Gasteiger partial charge in [0.05, 0.1) is 23.8 Å². The van der Waals surface area contributed by atoms with Crippen LogP contribution in [-0.2, 0) is 19.1 Å². The molecule has 26 heavy (non-hydrogen) atoms. The first kappa shape index (κ1) is 18.8. The van der Waals surface area contributed by atoms with Crippen molar-refractivity contribution in [2.24, 2.45) is 5.92 Å². The lowest BCUT2D eigenvalue weighted by Gasteiger charge is -2.22. The first-order valence-electron chi connectivity index (χ1n) is 7.88. The Morgan fingerprint density at radius 2 is 2.12 bits per heavy atom. The fourth-order valence-electron chi connectivity index (χ4n) is 3.20. The predicted molar refractivity (Wildman–Crippen MR) is 96.8 cm³/mol. The molecule has 3 rings (SSSR count). The molecule has 1 saturated carbocycles. The molecule has 0 saturated heterocycles. The van der Waals surface area contributed by atoms with Crippen molar-refractivity contribution in [2.45, 2.75) is 37.2 Å². The first-order valence-corrected chi connectivity index (χ1v) is 9.17. The van der Waals surface area contributed by atoms with E-state index in [2.05, 4.69) is 30.9 Å². The smallest absolute Gasteiger partial charge is 0.302 e. The Bertz CT molecular complexity index is 860. The largest absolute Gasteiger partial charge is 0.465 e. The van der Waals surface area contributed by atoms with Crippen molar-refractivity contribution < 1.29 is 19.1 Å². The maximum Gasteiger partial charge on any atom is 0.302 e. The number of rotatable bonds is 4. The molecular weight excluding hydrogens is 430 g/mol. The van der Waals surface area contributed by atoms with Crippen molar-refractivity contribution in [1.82, 2.24) is 19.5 Å². The number of esters is 2. The number of nitrogen functional groups attached to an aromatic ring is 1. The second kappa shape index (κ2) is 7.36. The molecule has 1 aliphatic rings. The number of carbonyl (C=O) groups excluding carboxylic acids is 2. The highest BCUT2D eigenvalue weighted by Gasteiger charge is 2.46. The minimum Gasteiger partial charge on any atom is -0.465 e. The molecule has 2 N–H and O–H groups in total. The van der Waals surface area contributed by atoms with E-state index in [0.717, 1.165) is 0 Å². The van der Waals surface area contributed by atoms with E-state index in [-0.39, 0.29) is 40.5 Å². The molecule has 0 radical (unpaired) electrons. The summed E-state index contributed by atoms with van der Waals surface area (Å²) in [6, 6.07) is -0.157. The number of fused-ring (bicyclic) bond motifs is 1. The Balaban J connectivity index is 1.95. The topological polar surface area (TPSA) is 122 Å². The molecule has 9 nitrogen and oxygen atoms in total. The van der Waals surface area contributed by atoms with Gasteiger partial charge in [0.15, 0.2) is 10.8 Å². The summed E-state index contributed by atoms with van der Waals surface area (Å²) in [7, 11) is 0. The quantitative estimate of drug-likeness (QED) is 0.429. The van der Waals surface area contributed by atoms with Gasteiger partial charge in [-0.15, -0.1) is 0 Å². The molecule has 2 heterocycles. The number of nitrogens with zero attached hydrogens (tertiary/aromatic N) is 4. The normalized spacial score (nSPS) is 25.4. The van der Waals surface area contributed by atoms with E-state index in [1.165, 1.54) is 13.8 Å². The van der Waals surface area contributed by atoms with Gasteiger partial charge in [0.1, 0.15) is 11.6 Å². The highest BCUT2D eigenvalue weighted by molar-refractivity contribution is 9.09.